The van der Waals surface area contributed by atoms with Gasteiger partial charge in [0.1, 0.15) is 0 Å². The number of benzene rings is 1. The van der Waals surface area contributed by atoms with Crippen LogP contribution in [0.4, 0.5) is 0 Å². The van der Waals surface area contributed by atoms with Crippen molar-refractivity contribution in [3.05, 3.63) is 35.4 Å². The summed E-state index contributed by atoms with van der Waals surface area (Å²) >= 11 is 0. The molecule has 0 aliphatic rings. The molecule has 0 saturated carbocycles. The standard InChI is InChI=1S/C15H25NO/c1-12-6-8-13(9-7-12)14(16-4)10-11-15(2,3)17-5/h6-9,14,16H,10-11H2,1-5H3. The fourth-order valence-electron chi connectivity index (χ4n) is 1.87. The van der Waals surface area contributed by atoms with E-state index in [2.05, 4.69) is 50.4 Å². The summed E-state index contributed by atoms with van der Waals surface area (Å²) in [5.74, 6) is 0. The number of methoxy groups -OCH3 is 1. The minimum absolute atomic E-state index is 0.0419. The first-order valence-corrected chi connectivity index (χ1v) is 6.27. The van der Waals surface area contributed by atoms with Gasteiger partial charge in [0.15, 0.2) is 0 Å². The Morgan fingerprint density at radius 1 is 1.24 bits per heavy atom. The van der Waals surface area contributed by atoms with Crippen molar-refractivity contribution < 1.29 is 4.74 Å². The van der Waals surface area contributed by atoms with E-state index >= 15 is 0 Å². The van der Waals surface area contributed by atoms with E-state index in [-0.39, 0.29) is 5.60 Å². The zero-order valence-electron chi connectivity index (χ0n) is 11.7. The summed E-state index contributed by atoms with van der Waals surface area (Å²) in [4.78, 5) is 0. The van der Waals surface area contributed by atoms with Crippen LogP contribution >= 0.6 is 0 Å². The Balaban J connectivity index is 2.63. The fraction of sp³-hybridized carbons (Fsp3) is 0.600. The molecule has 1 aromatic carbocycles. The van der Waals surface area contributed by atoms with Gasteiger partial charge in [-0.3, -0.25) is 0 Å². The summed E-state index contributed by atoms with van der Waals surface area (Å²) in [7, 11) is 3.80. The molecule has 1 aromatic rings. The summed E-state index contributed by atoms with van der Waals surface area (Å²) in [6, 6.07) is 9.15. The second-order valence-electron chi connectivity index (χ2n) is 5.25. The lowest BCUT2D eigenvalue weighted by Crippen LogP contribution is -2.25. The highest BCUT2D eigenvalue weighted by atomic mass is 16.5. The van der Waals surface area contributed by atoms with Gasteiger partial charge in [-0.1, -0.05) is 29.8 Å². The number of hydrogen-bond acceptors (Lipinski definition) is 2. The summed E-state index contributed by atoms with van der Waals surface area (Å²) in [5.41, 5.74) is 2.62. The number of rotatable bonds is 6. The zero-order valence-corrected chi connectivity index (χ0v) is 11.7. The van der Waals surface area contributed by atoms with Gasteiger partial charge >= 0.3 is 0 Å². The van der Waals surface area contributed by atoms with Gasteiger partial charge in [0, 0.05) is 13.2 Å². The van der Waals surface area contributed by atoms with Crippen molar-refractivity contribution in [1.82, 2.24) is 5.32 Å². The lowest BCUT2D eigenvalue weighted by atomic mass is 9.94. The predicted molar refractivity (Wildman–Crippen MR) is 73.3 cm³/mol. The van der Waals surface area contributed by atoms with E-state index in [1.165, 1.54) is 11.1 Å². The summed E-state index contributed by atoms with van der Waals surface area (Å²) in [5, 5.41) is 3.38. The van der Waals surface area contributed by atoms with Crippen molar-refractivity contribution in [3.63, 3.8) is 0 Å². The largest absolute Gasteiger partial charge is 0.379 e. The van der Waals surface area contributed by atoms with Crippen LogP contribution in [0.15, 0.2) is 24.3 Å². The second-order valence-corrected chi connectivity index (χ2v) is 5.25. The van der Waals surface area contributed by atoms with Gasteiger partial charge in [-0.2, -0.15) is 0 Å². The van der Waals surface area contributed by atoms with E-state index in [0.29, 0.717) is 6.04 Å². The minimum atomic E-state index is -0.0419. The van der Waals surface area contributed by atoms with Crippen LogP contribution < -0.4 is 5.32 Å². The van der Waals surface area contributed by atoms with Gasteiger partial charge < -0.3 is 10.1 Å². The monoisotopic (exact) mass is 235 g/mol. The third kappa shape index (κ3) is 4.49. The lowest BCUT2D eigenvalue weighted by molar-refractivity contribution is 0.0118. The molecule has 0 heterocycles. The Morgan fingerprint density at radius 3 is 2.29 bits per heavy atom. The average molecular weight is 235 g/mol. The number of aryl methyl sites for hydroxylation is 1. The van der Waals surface area contributed by atoms with E-state index in [4.69, 9.17) is 4.74 Å². The smallest absolute Gasteiger partial charge is 0.0623 e. The Hall–Kier alpha value is -0.860. The van der Waals surface area contributed by atoms with Gasteiger partial charge in [0.05, 0.1) is 5.60 Å². The van der Waals surface area contributed by atoms with E-state index in [1.807, 2.05) is 7.05 Å². The van der Waals surface area contributed by atoms with E-state index < -0.39 is 0 Å². The summed E-state index contributed by atoms with van der Waals surface area (Å²) in [6.45, 7) is 6.38. The fourth-order valence-corrected chi connectivity index (χ4v) is 1.87. The molecular formula is C15H25NO. The molecule has 0 amide bonds. The third-order valence-electron chi connectivity index (χ3n) is 3.42. The molecule has 2 heteroatoms. The van der Waals surface area contributed by atoms with Crippen molar-refractivity contribution >= 4 is 0 Å². The van der Waals surface area contributed by atoms with Gasteiger partial charge in [-0.25, -0.2) is 0 Å². The lowest BCUT2D eigenvalue weighted by Gasteiger charge is -2.26. The van der Waals surface area contributed by atoms with Crippen molar-refractivity contribution in [3.8, 4) is 0 Å². The third-order valence-corrected chi connectivity index (χ3v) is 3.42. The Morgan fingerprint density at radius 2 is 1.82 bits per heavy atom. The van der Waals surface area contributed by atoms with Crippen LogP contribution in [0.3, 0.4) is 0 Å². The molecule has 96 valence electrons. The van der Waals surface area contributed by atoms with Crippen LogP contribution in [-0.4, -0.2) is 19.8 Å². The Labute approximate surface area is 105 Å². The van der Waals surface area contributed by atoms with Crippen molar-refractivity contribution in [2.24, 2.45) is 0 Å². The maximum absolute atomic E-state index is 5.46. The van der Waals surface area contributed by atoms with Gasteiger partial charge in [0.25, 0.3) is 0 Å². The zero-order chi connectivity index (χ0) is 12.9. The second kappa shape index (κ2) is 6.18. The maximum atomic E-state index is 5.46. The number of nitrogens with one attached hydrogen (secondary N) is 1. The number of hydrogen-bond donors (Lipinski definition) is 1. The molecule has 1 N–H and O–H groups in total. The molecule has 2 nitrogen and oxygen atoms in total. The van der Waals surface area contributed by atoms with Crippen LogP contribution in [0.1, 0.15) is 43.9 Å². The highest BCUT2D eigenvalue weighted by molar-refractivity contribution is 5.24. The summed E-state index contributed by atoms with van der Waals surface area (Å²) in [6.07, 6.45) is 2.13. The highest BCUT2D eigenvalue weighted by Crippen LogP contribution is 2.24. The van der Waals surface area contributed by atoms with Crippen molar-refractivity contribution in [1.29, 1.82) is 0 Å². The molecule has 0 bridgehead atoms. The SMILES string of the molecule is CNC(CCC(C)(C)OC)c1ccc(C)cc1. The molecule has 0 saturated heterocycles. The quantitative estimate of drug-likeness (QED) is 0.815. The normalized spacial score (nSPS) is 13.7. The van der Waals surface area contributed by atoms with E-state index in [9.17, 15) is 0 Å². The molecule has 1 unspecified atom stereocenters. The van der Waals surface area contributed by atoms with Gasteiger partial charge in [0.2, 0.25) is 0 Å². The van der Waals surface area contributed by atoms with Crippen LogP contribution in [0.5, 0.6) is 0 Å². The predicted octanol–water partition coefficient (Wildman–Crippen LogP) is 3.46. The van der Waals surface area contributed by atoms with Crippen LogP contribution in [0.25, 0.3) is 0 Å². The first-order valence-electron chi connectivity index (χ1n) is 6.27. The molecule has 0 radical (unpaired) electrons. The highest BCUT2D eigenvalue weighted by Gasteiger charge is 2.19. The molecule has 0 aliphatic heterocycles. The topological polar surface area (TPSA) is 21.3 Å². The summed E-state index contributed by atoms with van der Waals surface area (Å²) < 4.78 is 5.46. The number of ether oxygens (including phenoxy) is 1. The molecule has 0 aliphatic carbocycles. The van der Waals surface area contributed by atoms with E-state index in [0.717, 1.165) is 12.8 Å². The first kappa shape index (κ1) is 14.2. The molecule has 1 atom stereocenters. The van der Waals surface area contributed by atoms with Gasteiger partial charge in [-0.15, -0.1) is 0 Å². The first-order chi connectivity index (χ1) is 7.98. The van der Waals surface area contributed by atoms with Gasteiger partial charge in [-0.05, 0) is 46.2 Å². The molecule has 1 rings (SSSR count). The average Bonchev–Trinajstić information content (AvgIpc) is 2.32. The van der Waals surface area contributed by atoms with Crippen molar-refractivity contribution in [2.75, 3.05) is 14.2 Å². The van der Waals surface area contributed by atoms with Crippen molar-refractivity contribution in [2.45, 2.75) is 45.3 Å². The Kier molecular flexibility index (Phi) is 5.16. The van der Waals surface area contributed by atoms with Crippen LogP contribution in [0, 0.1) is 6.92 Å². The van der Waals surface area contributed by atoms with E-state index in [1.54, 1.807) is 7.11 Å². The van der Waals surface area contributed by atoms with Crippen LogP contribution in [-0.2, 0) is 4.74 Å². The molecule has 0 fully saturated rings. The molecule has 17 heavy (non-hydrogen) atoms. The maximum Gasteiger partial charge on any atom is 0.0623 e. The Bertz CT molecular complexity index is 329. The molecule has 0 spiro atoms. The molecule has 0 aromatic heterocycles. The molecular weight excluding hydrogens is 210 g/mol. The minimum Gasteiger partial charge on any atom is -0.379 e. The van der Waals surface area contributed by atoms with Crippen LogP contribution in [0.2, 0.25) is 0 Å².